The molecule has 0 radical (unpaired) electrons. The smallest absolute Gasteiger partial charge is 0.138 e. The zero-order chi connectivity index (χ0) is 12.4. The lowest BCUT2D eigenvalue weighted by Gasteiger charge is -2.30. The molecule has 3 heterocycles. The third-order valence-corrected chi connectivity index (χ3v) is 3.28. The van der Waals surface area contributed by atoms with Crippen molar-refractivity contribution < 1.29 is 4.74 Å². The summed E-state index contributed by atoms with van der Waals surface area (Å²) < 4.78 is 7.78. The van der Waals surface area contributed by atoms with Gasteiger partial charge in [-0.3, -0.25) is 4.40 Å². The minimum atomic E-state index is 0.252. The highest BCUT2D eigenvalue weighted by Gasteiger charge is 2.17. The summed E-state index contributed by atoms with van der Waals surface area (Å²) in [6, 6.07) is 6.07. The summed E-state index contributed by atoms with van der Waals surface area (Å²) in [4.78, 5) is 6.57. The van der Waals surface area contributed by atoms with E-state index in [2.05, 4.69) is 28.3 Å². The van der Waals surface area contributed by atoms with Crippen molar-refractivity contribution in [3.63, 3.8) is 0 Å². The van der Waals surface area contributed by atoms with E-state index < -0.39 is 0 Å². The van der Waals surface area contributed by atoms with Gasteiger partial charge in [0, 0.05) is 32.0 Å². The molecule has 0 spiro atoms. The van der Waals surface area contributed by atoms with Gasteiger partial charge in [-0.25, -0.2) is 4.98 Å². The number of morpholine rings is 1. The number of rotatable bonds is 3. The quantitative estimate of drug-likeness (QED) is 0.880. The van der Waals surface area contributed by atoms with E-state index in [0.717, 1.165) is 37.7 Å². The van der Waals surface area contributed by atoms with E-state index in [1.165, 1.54) is 0 Å². The first-order valence-corrected chi connectivity index (χ1v) is 6.29. The first-order chi connectivity index (χ1) is 8.83. The van der Waals surface area contributed by atoms with Gasteiger partial charge < -0.3 is 15.0 Å². The van der Waals surface area contributed by atoms with Crippen LogP contribution >= 0.6 is 0 Å². The van der Waals surface area contributed by atoms with Gasteiger partial charge in [0.15, 0.2) is 0 Å². The Morgan fingerprint density at radius 1 is 1.50 bits per heavy atom. The Morgan fingerprint density at radius 3 is 3.33 bits per heavy atom. The van der Waals surface area contributed by atoms with Crippen LogP contribution in [0.4, 0.5) is 5.82 Å². The first kappa shape index (κ1) is 11.5. The molecule has 1 aliphatic heterocycles. The van der Waals surface area contributed by atoms with Crippen LogP contribution in [0.3, 0.4) is 0 Å². The van der Waals surface area contributed by atoms with Crippen molar-refractivity contribution >= 4 is 11.5 Å². The maximum absolute atomic E-state index is 5.73. The summed E-state index contributed by atoms with van der Waals surface area (Å²) in [5.74, 6) is 1.06. The van der Waals surface area contributed by atoms with Gasteiger partial charge in [-0.1, -0.05) is 6.07 Å². The van der Waals surface area contributed by atoms with Gasteiger partial charge >= 0.3 is 0 Å². The number of aromatic nitrogens is 2. The standard InChI is InChI=1S/C13H18N4O/c1-16-7-8-18-11(10-16)9-15-13-4-2-3-12-14-5-6-17(12)13/h2-6,11,15H,7-10H2,1H3. The van der Waals surface area contributed by atoms with Crippen molar-refractivity contribution in [1.82, 2.24) is 14.3 Å². The normalized spacial score (nSPS) is 21.3. The zero-order valence-electron chi connectivity index (χ0n) is 10.5. The maximum atomic E-state index is 5.73. The molecular formula is C13H18N4O. The van der Waals surface area contributed by atoms with Gasteiger partial charge in [0.25, 0.3) is 0 Å². The molecule has 1 fully saturated rings. The van der Waals surface area contributed by atoms with Crippen LogP contribution in [0.1, 0.15) is 0 Å². The van der Waals surface area contributed by atoms with Gasteiger partial charge in [-0.2, -0.15) is 0 Å². The maximum Gasteiger partial charge on any atom is 0.138 e. The molecule has 1 aliphatic rings. The molecule has 1 unspecified atom stereocenters. The summed E-state index contributed by atoms with van der Waals surface area (Å²) >= 11 is 0. The molecule has 3 rings (SSSR count). The fraction of sp³-hybridized carbons (Fsp3) is 0.462. The molecule has 1 atom stereocenters. The third kappa shape index (κ3) is 2.32. The highest BCUT2D eigenvalue weighted by atomic mass is 16.5. The Kier molecular flexibility index (Phi) is 3.17. The van der Waals surface area contributed by atoms with Crippen molar-refractivity contribution in [1.29, 1.82) is 0 Å². The van der Waals surface area contributed by atoms with Crippen LogP contribution in [-0.4, -0.2) is 53.7 Å². The minimum absolute atomic E-state index is 0.252. The number of nitrogens with one attached hydrogen (secondary N) is 1. The minimum Gasteiger partial charge on any atom is -0.374 e. The molecule has 0 bridgehead atoms. The van der Waals surface area contributed by atoms with Crippen molar-refractivity contribution in [2.24, 2.45) is 0 Å². The lowest BCUT2D eigenvalue weighted by Crippen LogP contribution is -2.43. The molecule has 5 heteroatoms. The second-order valence-corrected chi connectivity index (χ2v) is 4.70. The number of imidazole rings is 1. The van der Waals surface area contributed by atoms with Crippen LogP contribution in [0.15, 0.2) is 30.6 Å². The van der Waals surface area contributed by atoms with Gasteiger partial charge in [-0.15, -0.1) is 0 Å². The van der Waals surface area contributed by atoms with Crippen LogP contribution in [0.25, 0.3) is 5.65 Å². The Hall–Kier alpha value is -1.59. The second kappa shape index (κ2) is 4.96. The monoisotopic (exact) mass is 246 g/mol. The van der Waals surface area contributed by atoms with Crippen LogP contribution in [0, 0.1) is 0 Å². The predicted octanol–water partition coefficient (Wildman–Crippen LogP) is 1.08. The molecule has 2 aromatic heterocycles. The molecule has 2 aromatic rings. The van der Waals surface area contributed by atoms with Crippen LogP contribution in [0.2, 0.25) is 0 Å². The number of pyridine rings is 1. The Balaban J connectivity index is 1.67. The summed E-state index contributed by atoms with van der Waals surface area (Å²) in [5.41, 5.74) is 0.960. The zero-order valence-corrected chi connectivity index (χ0v) is 10.5. The Labute approximate surface area is 106 Å². The highest BCUT2D eigenvalue weighted by molar-refractivity contribution is 5.49. The van der Waals surface area contributed by atoms with Crippen LogP contribution in [0.5, 0.6) is 0 Å². The Bertz CT molecular complexity index is 524. The molecule has 1 N–H and O–H groups in total. The van der Waals surface area contributed by atoms with Crippen LogP contribution < -0.4 is 5.32 Å². The molecule has 0 saturated carbocycles. The molecule has 5 nitrogen and oxygen atoms in total. The molecule has 96 valence electrons. The number of anilines is 1. The highest BCUT2D eigenvalue weighted by Crippen LogP contribution is 2.12. The summed E-state index contributed by atoms with van der Waals surface area (Å²) in [7, 11) is 2.13. The molecule has 1 saturated heterocycles. The fourth-order valence-electron chi connectivity index (χ4n) is 2.30. The van der Waals surface area contributed by atoms with Crippen LogP contribution in [-0.2, 0) is 4.74 Å². The second-order valence-electron chi connectivity index (χ2n) is 4.70. The van der Waals surface area contributed by atoms with E-state index in [-0.39, 0.29) is 6.10 Å². The fourth-order valence-corrected chi connectivity index (χ4v) is 2.30. The van der Waals surface area contributed by atoms with Gasteiger partial charge in [0.2, 0.25) is 0 Å². The van der Waals surface area contributed by atoms with E-state index in [1.807, 2.05) is 28.9 Å². The van der Waals surface area contributed by atoms with E-state index in [4.69, 9.17) is 4.74 Å². The summed E-state index contributed by atoms with van der Waals surface area (Å²) in [6.45, 7) is 3.64. The van der Waals surface area contributed by atoms with Crippen molar-refractivity contribution in [2.45, 2.75) is 6.10 Å². The average Bonchev–Trinajstić information content (AvgIpc) is 2.85. The molecule has 0 amide bonds. The Morgan fingerprint density at radius 2 is 2.44 bits per heavy atom. The van der Waals surface area contributed by atoms with Crippen molar-refractivity contribution in [2.75, 3.05) is 38.6 Å². The first-order valence-electron chi connectivity index (χ1n) is 6.29. The molecular weight excluding hydrogens is 228 g/mol. The number of nitrogens with zero attached hydrogens (tertiary/aromatic N) is 3. The average molecular weight is 246 g/mol. The van der Waals surface area contributed by atoms with E-state index >= 15 is 0 Å². The lowest BCUT2D eigenvalue weighted by molar-refractivity contribution is -0.0117. The number of hydrogen-bond donors (Lipinski definition) is 1. The lowest BCUT2D eigenvalue weighted by atomic mass is 10.3. The van der Waals surface area contributed by atoms with E-state index in [1.54, 1.807) is 0 Å². The number of ether oxygens (including phenoxy) is 1. The summed E-state index contributed by atoms with van der Waals surface area (Å²) in [6.07, 6.45) is 4.03. The molecule has 18 heavy (non-hydrogen) atoms. The number of likely N-dealkylation sites (N-methyl/N-ethyl adjacent to an activating group) is 1. The van der Waals surface area contributed by atoms with Crippen molar-refractivity contribution in [3.05, 3.63) is 30.6 Å². The van der Waals surface area contributed by atoms with Gasteiger partial charge in [0.05, 0.1) is 12.7 Å². The largest absolute Gasteiger partial charge is 0.374 e. The number of hydrogen-bond acceptors (Lipinski definition) is 4. The topological polar surface area (TPSA) is 41.8 Å². The van der Waals surface area contributed by atoms with E-state index in [0.29, 0.717) is 0 Å². The molecule has 0 aliphatic carbocycles. The predicted molar refractivity (Wildman–Crippen MR) is 70.9 cm³/mol. The van der Waals surface area contributed by atoms with Gasteiger partial charge in [-0.05, 0) is 19.2 Å². The third-order valence-electron chi connectivity index (χ3n) is 3.28. The van der Waals surface area contributed by atoms with E-state index in [9.17, 15) is 0 Å². The molecule has 0 aromatic carbocycles. The SMILES string of the molecule is CN1CCOC(CNc2cccc3nccn23)C1. The van der Waals surface area contributed by atoms with Crippen molar-refractivity contribution in [3.8, 4) is 0 Å². The van der Waals surface area contributed by atoms with Gasteiger partial charge in [0.1, 0.15) is 11.5 Å². The summed E-state index contributed by atoms with van der Waals surface area (Å²) in [5, 5.41) is 3.44. The number of fused-ring (bicyclic) bond motifs is 1.